The smallest absolute Gasteiger partial charge is 0.693 e. The van der Waals surface area contributed by atoms with E-state index in [1.165, 1.54) is 0 Å². The van der Waals surface area contributed by atoms with Gasteiger partial charge in [0.1, 0.15) is 0 Å². The molecule has 0 aromatic rings. The van der Waals surface area contributed by atoms with E-state index < -0.39 is 0 Å². The largest absolute Gasteiger partial charge is 2.00 e. The maximum Gasteiger partial charge on any atom is 2.00 e. The molecule has 0 aliphatic rings. The molecule has 0 unspecified atom stereocenters. The second-order valence-electron chi connectivity index (χ2n) is 4.06. The molecule has 0 aliphatic carbocycles. The standard InChI is InChI=1S/C12H20N2S2.Co.2H2N/c1-9(7-11(3)15)13-5-6-14-10(2)8-12(4)16;;;/h5-8H2,1-4H3;;2*1H2/q;+2;2*-1/p+2. The van der Waals surface area contributed by atoms with Gasteiger partial charge in [0.2, 0.25) is 0 Å². The van der Waals surface area contributed by atoms with Crippen LogP contribution in [0.15, 0.2) is 9.98 Å². The molecule has 19 heavy (non-hydrogen) atoms. The average Bonchev–Trinajstić information content (AvgIpc) is 2.10. The number of hydrogen-bond donors (Lipinski definition) is 0. The van der Waals surface area contributed by atoms with Crippen LogP contribution in [0.2, 0.25) is 0 Å². The summed E-state index contributed by atoms with van der Waals surface area (Å²) in [6.45, 7) is 9.57. The van der Waals surface area contributed by atoms with E-state index in [9.17, 15) is 0 Å². The first-order chi connectivity index (χ1) is 7.41. The summed E-state index contributed by atoms with van der Waals surface area (Å²) in [7, 11) is 0. The molecule has 0 saturated carbocycles. The van der Waals surface area contributed by atoms with Crippen molar-refractivity contribution in [1.29, 1.82) is 0 Å². The van der Waals surface area contributed by atoms with E-state index in [-0.39, 0.29) is 29.1 Å². The molecule has 0 amide bonds. The number of rotatable bonds is 7. The van der Waals surface area contributed by atoms with Crippen molar-refractivity contribution in [1.82, 2.24) is 0 Å². The molecule has 0 aromatic heterocycles. The van der Waals surface area contributed by atoms with Crippen molar-refractivity contribution < 1.29 is 16.8 Å². The van der Waals surface area contributed by atoms with Gasteiger partial charge in [-0.05, 0) is 13.8 Å². The molecule has 1 radical (unpaired) electrons. The zero-order valence-corrected chi connectivity index (χ0v) is 14.9. The van der Waals surface area contributed by atoms with Crippen molar-refractivity contribution in [2.24, 2.45) is 9.98 Å². The Hall–Kier alpha value is -0.0535. The van der Waals surface area contributed by atoms with Crippen LogP contribution in [0.5, 0.6) is 0 Å². The molecule has 0 rings (SSSR count). The van der Waals surface area contributed by atoms with Crippen LogP contribution < -0.4 is 0 Å². The zero-order valence-electron chi connectivity index (χ0n) is 12.1. The van der Waals surface area contributed by atoms with Gasteiger partial charge in [0.25, 0.3) is 0 Å². The fraction of sp³-hybridized carbons (Fsp3) is 0.667. The third-order valence-electron chi connectivity index (χ3n) is 1.89. The number of nitrogens with zero attached hydrogens (tertiary/aromatic N) is 2. The molecule has 0 aromatic carbocycles. The summed E-state index contributed by atoms with van der Waals surface area (Å²) < 4.78 is 0. The Morgan fingerprint density at radius 3 is 1.21 bits per heavy atom. The van der Waals surface area contributed by atoms with E-state index in [0.717, 1.165) is 47.1 Å². The molecule has 0 spiro atoms. The Bertz CT molecular complexity index is 296. The van der Waals surface area contributed by atoms with Crippen LogP contribution in [0.3, 0.4) is 0 Å². The number of aliphatic imine (C=N–C) groups is 2. The van der Waals surface area contributed by atoms with Crippen molar-refractivity contribution in [3.05, 3.63) is 12.3 Å². The molecular weight excluding hydrogens is 323 g/mol. The maximum absolute atomic E-state index is 4.43. The molecule has 4 nitrogen and oxygen atoms in total. The summed E-state index contributed by atoms with van der Waals surface area (Å²) in [6.07, 6.45) is 1.74. The van der Waals surface area contributed by atoms with Gasteiger partial charge < -0.3 is 12.3 Å². The Balaban J connectivity index is -0.000000375. The molecular formula is C12H26CoN4S2+2. The van der Waals surface area contributed by atoms with Gasteiger partial charge >= 0.3 is 16.8 Å². The first-order valence-electron chi connectivity index (χ1n) is 5.44. The molecule has 0 heterocycles. The van der Waals surface area contributed by atoms with Gasteiger partial charge in [-0.2, -0.15) is 0 Å². The Morgan fingerprint density at radius 2 is 1.00 bits per heavy atom. The molecule has 0 bridgehead atoms. The molecule has 4 N–H and O–H groups in total. The fourth-order valence-electron chi connectivity index (χ4n) is 1.33. The Morgan fingerprint density at radius 1 is 0.737 bits per heavy atom. The second kappa shape index (κ2) is 16.0. The van der Waals surface area contributed by atoms with E-state index in [4.69, 9.17) is 0 Å². The van der Waals surface area contributed by atoms with Gasteiger partial charge in [-0.25, -0.2) is 0 Å². The van der Waals surface area contributed by atoms with Crippen molar-refractivity contribution in [2.75, 3.05) is 13.1 Å². The summed E-state index contributed by atoms with van der Waals surface area (Å²) in [5, 5.41) is 0. The van der Waals surface area contributed by atoms with Crippen LogP contribution in [-0.2, 0) is 41.2 Å². The van der Waals surface area contributed by atoms with E-state index in [1.54, 1.807) is 0 Å². The Kier molecular flexibility index (Phi) is 23.0. The number of hydrogen-bond acceptors (Lipinski definition) is 2. The summed E-state index contributed by atoms with van der Waals surface area (Å²) in [6, 6.07) is 0. The third kappa shape index (κ3) is 20.4. The van der Waals surface area contributed by atoms with Crippen molar-refractivity contribution >= 4 is 45.6 Å². The first kappa shape index (κ1) is 27.3. The molecule has 113 valence electrons. The van der Waals surface area contributed by atoms with E-state index >= 15 is 0 Å². The monoisotopic (exact) mass is 349 g/mol. The number of nitrogens with two attached hydrogens (primary N) is 2. The molecule has 0 atom stereocenters. The average molecular weight is 349 g/mol. The molecule has 0 fully saturated rings. The summed E-state index contributed by atoms with van der Waals surface area (Å²) >= 11 is 8.50. The quantitative estimate of drug-likeness (QED) is 0.222. The predicted molar refractivity (Wildman–Crippen MR) is 94.6 cm³/mol. The van der Waals surface area contributed by atoms with Crippen molar-refractivity contribution in [3.63, 3.8) is 0 Å². The second-order valence-corrected chi connectivity index (χ2v) is 5.58. The van der Waals surface area contributed by atoms with Crippen LogP contribution in [0.4, 0.5) is 0 Å². The predicted octanol–water partition coefficient (Wildman–Crippen LogP) is 3.06. The SMILES string of the molecule is CC(=[SH+])CC(C)=NCCN=C(C)CC(C)=[SH+].[Co+2].[NH2-].[NH2-]. The number of thiol groups is 2. The first-order valence-corrected chi connectivity index (χ1v) is 6.34. The van der Waals surface area contributed by atoms with Crippen LogP contribution in [0, 0.1) is 0 Å². The van der Waals surface area contributed by atoms with Gasteiger partial charge in [0.15, 0.2) is 34.2 Å². The van der Waals surface area contributed by atoms with Crippen LogP contribution in [0.1, 0.15) is 40.5 Å². The summed E-state index contributed by atoms with van der Waals surface area (Å²) in [4.78, 5) is 11.1. The zero-order chi connectivity index (χ0) is 12.6. The minimum absolute atomic E-state index is 0. The fourth-order valence-corrected chi connectivity index (χ4v) is 1.79. The third-order valence-corrected chi connectivity index (χ3v) is 2.20. The summed E-state index contributed by atoms with van der Waals surface area (Å²) in [5.74, 6) is 0. The van der Waals surface area contributed by atoms with Gasteiger partial charge in [-0.1, -0.05) is 0 Å². The van der Waals surface area contributed by atoms with E-state index in [1.807, 2.05) is 27.7 Å². The van der Waals surface area contributed by atoms with E-state index in [0.29, 0.717) is 0 Å². The normalized spacial score (nSPS) is 10.7. The van der Waals surface area contributed by atoms with Gasteiger partial charge in [-0.3, -0.25) is 9.98 Å². The molecule has 7 heteroatoms. The molecule has 0 saturated heterocycles. The minimum atomic E-state index is 0. The Labute approximate surface area is 138 Å². The van der Waals surface area contributed by atoms with Crippen LogP contribution >= 0.6 is 0 Å². The minimum Gasteiger partial charge on any atom is -0.693 e. The van der Waals surface area contributed by atoms with Gasteiger partial charge in [-0.15, -0.1) is 0 Å². The summed E-state index contributed by atoms with van der Waals surface area (Å²) in [5.41, 5.74) is 2.24. The van der Waals surface area contributed by atoms with Crippen LogP contribution in [0.25, 0.3) is 12.3 Å². The maximum atomic E-state index is 4.43. The topological polar surface area (TPSA) is 91.7 Å². The van der Waals surface area contributed by atoms with Crippen LogP contribution in [-0.4, -0.2) is 34.2 Å². The van der Waals surface area contributed by atoms with Crippen molar-refractivity contribution in [2.45, 2.75) is 40.5 Å². The van der Waals surface area contributed by atoms with Gasteiger partial charge in [0.05, 0.1) is 25.9 Å². The van der Waals surface area contributed by atoms with E-state index in [2.05, 4.69) is 34.4 Å². The van der Waals surface area contributed by atoms with Crippen molar-refractivity contribution in [3.8, 4) is 0 Å². The van der Waals surface area contributed by atoms with Gasteiger partial charge in [0, 0.05) is 25.3 Å². The molecule has 0 aliphatic heterocycles.